The van der Waals surface area contributed by atoms with E-state index in [1.54, 1.807) is 0 Å². The van der Waals surface area contributed by atoms with E-state index in [0.29, 0.717) is 17.1 Å². The molecule has 1 aromatic heterocycles. The quantitative estimate of drug-likeness (QED) is 0.900. The van der Waals surface area contributed by atoms with Crippen molar-refractivity contribution in [3.8, 4) is 11.1 Å². The van der Waals surface area contributed by atoms with Gasteiger partial charge in [0.25, 0.3) is 0 Å². The lowest BCUT2D eigenvalue weighted by atomic mass is 10.1. The van der Waals surface area contributed by atoms with Crippen LogP contribution in [0.5, 0.6) is 0 Å². The zero-order chi connectivity index (χ0) is 13.3. The second-order valence-electron chi connectivity index (χ2n) is 4.04. The molecule has 96 valence electrons. The lowest BCUT2D eigenvalue weighted by Gasteiger charge is -2.04. The van der Waals surface area contributed by atoms with Crippen LogP contribution in [0.4, 0.5) is 5.82 Å². The third kappa shape index (κ3) is 2.91. The first-order chi connectivity index (χ1) is 8.37. The van der Waals surface area contributed by atoms with Crippen LogP contribution in [0.15, 0.2) is 28.7 Å². The second kappa shape index (κ2) is 4.74. The van der Waals surface area contributed by atoms with E-state index in [1.807, 2.05) is 24.3 Å². The van der Waals surface area contributed by atoms with Gasteiger partial charge in [-0.05, 0) is 17.7 Å². The minimum absolute atomic E-state index is 0.112. The smallest absolute Gasteiger partial charge is 0.153 e. The number of aromatic nitrogens is 2. The van der Waals surface area contributed by atoms with Gasteiger partial charge in [0, 0.05) is 16.3 Å². The molecule has 0 radical (unpaired) electrons. The summed E-state index contributed by atoms with van der Waals surface area (Å²) in [5, 5.41) is 6.56. The summed E-state index contributed by atoms with van der Waals surface area (Å²) in [6, 6.07) is 7.47. The number of nitrogen functional groups attached to an aromatic ring is 1. The Morgan fingerprint density at radius 1 is 1.44 bits per heavy atom. The Kier molecular flexibility index (Phi) is 3.45. The van der Waals surface area contributed by atoms with Crippen LogP contribution in [0, 0.1) is 0 Å². The zero-order valence-electron chi connectivity index (χ0n) is 9.64. The van der Waals surface area contributed by atoms with Crippen molar-refractivity contribution >= 4 is 31.6 Å². The third-order valence-electron chi connectivity index (χ3n) is 2.39. The molecule has 0 aliphatic rings. The molecule has 0 saturated heterocycles. The minimum Gasteiger partial charge on any atom is -0.382 e. The summed E-state index contributed by atoms with van der Waals surface area (Å²) >= 11 is 3.37. The Labute approximate surface area is 113 Å². The van der Waals surface area contributed by atoms with Crippen LogP contribution in [0.25, 0.3) is 11.1 Å². The molecule has 0 atom stereocenters. The van der Waals surface area contributed by atoms with E-state index in [-0.39, 0.29) is 5.75 Å². The predicted octanol–water partition coefficient (Wildman–Crippen LogP) is 1.97. The van der Waals surface area contributed by atoms with Gasteiger partial charge in [-0.3, -0.25) is 5.10 Å². The van der Waals surface area contributed by atoms with Gasteiger partial charge in [-0.1, -0.05) is 28.1 Å². The van der Waals surface area contributed by atoms with Crippen LogP contribution in [0.2, 0.25) is 0 Å². The van der Waals surface area contributed by atoms with Crippen LogP contribution in [-0.4, -0.2) is 24.9 Å². The fourth-order valence-corrected chi connectivity index (χ4v) is 2.86. The predicted molar refractivity (Wildman–Crippen MR) is 74.7 cm³/mol. The molecule has 3 N–H and O–H groups in total. The molecule has 0 bridgehead atoms. The normalized spacial score (nSPS) is 11.7. The third-order valence-corrected chi connectivity index (χ3v) is 3.70. The number of nitrogens with two attached hydrogens (primary N) is 1. The van der Waals surface area contributed by atoms with Crippen LogP contribution < -0.4 is 5.73 Å². The molecule has 18 heavy (non-hydrogen) atoms. The average Bonchev–Trinajstić information content (AvgIpc) is 2.57. The molecule has 0 spiro atoms. The number of aromatic amines is 1. The largest absolute Gasteiger partial charge is 0.382 e. The van der Waals surface area contributed by atoms with Crippen molar-refractivity contribution in [1.29, 1.82) is 0 Å². The van der Waals surface area contributed by atoms with Gasteiger partial charge in [0.15, 0.2) is 15.7 Å². The first kappa shape index (κ1) is 13.1. The van der Waals surface area contributed by atoms with Crippen molar-refractivity contribution in [1.82, 2.24) is 10.2 Å². The highest BCUT2D eigenvalue weighted by atomic mass is 79.9. The minimum atomic E-state index is -3.14. The highest BCUT2D eigenvalue weighted by molar-refractivity contribution is 9.10. The van der Waals surface area contributed by atoms with Crippen molar-refractivity contribution in [2.24, 2.45) is 0 Å². The Bertz CT molecular complexity index is 679. The molecule has 2 rings (SSSR count). The van der Waals surface area contributed by atoms with E-state index in [0.717, 1.165) is 10.0 Å². The van der Waals surface area contributed by atoms with Crippen molar-refractivity contribution in [3.63, 3.8) is 0 Å². The van der Waals surface area contributed by atoms with E-state index >= 15 is 0 Å². The fourth-order valence-electron chi connectivity index (χ4n) is 1.73. The molecule has 0 saturated carbocycles. The highest BCUT2D eigenvalue weighted by Crippen LogP contribution is 2.30. The number of sulfone groups is 1. The lowest BCUT2D eigenvalue weighted by Crippen LogP contribution is -2.02. The number of nitrogens with one attached hydrogen (secondary N) is 1. The molecule has 0 amide bonds. The van der Waals surface area contributed by atoms with Crippen molar-refractivity contribution in [3.05, 3.63) is 34.4 Å². The van der Waals surface area contributed by atoms with E-state index in [1.165, 1.54) is 6.26 Å². The maximum Gasteiger partial charge on any atom is 0.153 e. The fraction of sp³-hybridized carbons (Fsp3) is 0.182. The molecule has 2 aromatic rings. The van der Waals surface area contributed by atoms with Gasteiger partial charge in [-0.15, -0.1) is 0 Å². The molecule has 0 aliphatic heterocycles. The number of rotatable bonds is 3. The standard InChI is InChI=1S/C11H12BrN3O2S/c1-18(16,17)6-9-10(11(13)15-14-9)7-3-2-4-8(12)5-7/h2-5H,6H2,1H3,(H3,13,14,15). The molecule has 1 aromatic carbocycles. The van der Waals surface area contributed by atoms with Crippen LogP contribution >= 0.6 is 15.9 Å². The van der Waals surface area contributed by atoms with E-state index in [4.69, 9.17) is 5.73 Å². The van der Waals surface area contributed by atoms with Crippen LogP contribution in [-0.2, 0) is 15.6 Å². The van der Waals surface area contributed by atoms with Gasteiger partial charge in [0.2, 0.25) is 0 Å². The Morgan fingerprint density at radius 2 is 2.17 bits per heavy atom. The van der Waals surface area contributed by atoms with Gasteiger partial charge in [-0.2, -0.15) is 5.10 Å². The summed E-state index contributed by atoms with van der Waals surface area (Å²) in [6.45, 7) is 0. The molecule has 0 unspecified atom stereocenters. The topological polar surface area (TPSA) is 88.8 Å². The molecule has 5 nitrogen and oxygen atoms in total. The number of hydrogen-bond donors (Lipinski definition) is 2. The summed E-state index contributed by atoms with van der Waals surface area (Å²) in [4.78, 5) is 0. The van der Waals surface area contributed by atoms with E-state index < -0.39 is 9.84 Å². The van der Waals surface area contributed by atoms with Gasteiger partial charge >= 0.3 is 0 Å². The van der Waals surface area contributed by atoms with Crippen LogP contribution in [0.3, 0.4) is 0 Å². The van der Waals surface area contributed by atoms with Crippen molar-refractivity contribution in [2.45, 2.75) is 5.75 Å². The summed E-state index contributed by atoms with van der Waals surface area (Å²) in [5.41, 5.74) is 7.77. The average molecular weight is 330 g/mol. The van der Waals surface area contributed by atoms with Gasteiger partial charge in [0.05, 0.1) is 11.4 Å². The number of nitrogens with zero attached hydrogens (tertiary/aromatic N) is 1. The van der Waals surface area contributed by atoms with Gasteiger partial charge in [0.1, 0.15) is 0 Å². The highest BCUT2D eigenvalue weighted by Gasteiger charge is 2.16. The monoisotopic (exact) mass is 329 g/mol. The SMILES string of the molecule is CS(=O)(=O)Cc1[nH]nc(N)c1-c1cccc(Br)c1. The second-order valence-corrected chi connectivity index (χ2v) is 7.10. The lowest BCUT2D eigenvalue weighted by molar-refractivity contribution is 0.600. The summed E-state index contributed by atoms with van der Waals surface area (Å²) in [7, 11) is -3.14. The molecular formula is C11H12BrN3O2S. The number of anilines is 1. The Morgan fingerprint density at radius 3 is 2.78 bits per heavy atom. The maximum atomic E-state index is 11.4. The zero-order valence-corrected chi connectivity index (χ0v) is 12.0. The number of halogens is 1. The Balaban J connectivity index is 2.54. The molecular weight excluding hydrogens is 318 g/mol. The van der Waals surface area contributed by atoms with Gasteiger partial charge < -0.3 is 5.73 Å². The number of hydrogen-bond acceptors (Lipinski definition) is 4. The van der Waals surface area contributed by atoms with Crippen molar-refractivity contribution < 1.29 is 8.42 Å². The molecule has 7 heteroatoms. The maximum absolute atomic E-state index is 11.4. The van der Waals surface area contributed by atoms with E-state index in [9.17, 15) is 8.42 Å². The summed E-state index contributed by atoms with van der Waals surface area (Å²) in [5.74, 6) is 0.186. The molecule has 0 fully saturated rings. The first-order valence-corrected chi connectivity index (χ1v) is 7.98. The molecule has 1 heterocycles. The summed E-state index contributed by atoms with van der Waals surface area (Å²) in [6.07, 6.45) is 1.18. The van der Waals surface area contributed by atoms with E-state index in [2.05, 4.69) is 26.1 Å². The van der Waals surface area contributed by atoms with Crippen LogP contribution in [0.1, 0.15) is 5.69 Å². The van der Waals surface area contributed by atoms with Gasteiger partial charge in [-0.25, -0.2) is 8.42 Å². The summed E-state index contributed by atoms with van der Waals surface area (Å²) < 4.78 is 23.6. The number of benzene rings is 1. The Hall–Kier alpha value is -1.34. The number of H-pyrrole nitrogens is 1. The molecule has 0 aliphatic carbocycles. The van der Waals surface area contributed by atoms with Crippen molar-refractivity contribution in [2.75, 3.05) is 12.0 Å². The first-order valence-electron chi connectivity index (χ1n) is 5.13.